The molecule has 0 aliphatic carbocycles. The maximum atomic E-state index is 12.2. The maximum absolute atomic E-state index is 12.2. The lowest BCUT2D eigenvalue weighted by Crippen LogP contribution is -2.24. The van der Waals surface area contributed by atoms with Crippen LogP contribution in [0.1, 0.15) is 32.7 Å². The molecule has 2 aromatic heterocycles. The molecule has 3 aromatic rings. The van der Waals surface area contributed by atoms with Gasteiger partial charge in [0, 0.05) is 27.1 Å². The highest BCUT2D eigenvalue weighted by atomic mass is 32.2. The molecular weight excluding hydrogens is 424 g/mol. The van der Waals surface area contributed by atoms with Crippen LogP contribution in [0.2, 0.25) is 0 Å². The molecule has 0 saturated heterocycles. The van der Waals surface area contributed by atoms with E-state index in [1.54, 1.807) is 41.9 Å². The van der Waals surface area contributed by atoms with E-state index in [2.05, 4.69) is 15.7 Å². The number of benzene rings is 1. The van der Waals surface area contributed by atoms with Gasteiger partial charge in [-0.2, -0.15) is 0 Å². The molecule has 0 bridgehead atoms. The van der Waals surface area contributed by atoms with E-state index in [-0.39, 0.29) is 11.7 Å². The average molecular weight is 447 g/mol. The Morgan fingerprint density at radius 2 is 2.07 bits per heavy atom. The van der Waals surface area contributed by atoms with E-state index in [0.29, 0.717) is 23.6 Å². The van der Waals surface area contributed by atoms with Gasteiger partial charge in [-0.3, -0.25) is 9.59 Å². The number of hydrogen-bond donors (Lipinski definition) is 1. The summed E-state index contributed by atoms with van der Waals surface area (Å²) >= 11 is 4.78. The van der Waals surface area contributed by atoms with Gasteiger partial charge in [-0.1, -0.05) is 0 Å². The first-order valence-electron chi connectivity index (χ1n) is 8.99. The molecule has 1 N–H and O–H groups in total. The predicted octanol–water partition coefficient (Wildman–Crippen LogP) is 4.94. The maximum Gasteiger partial charge on any atom is 0.230 e. The first-order valence-corrected chi connectivity index (χ1v) is 11.8. The van der Waals surface area contributed by atoms with Crippen molar-refractivity contribution in [3.63, 3.8) is 0 Å². The summed E-state index contributed by atoms with van der Waals surface area (Å²) in [6, 6.07) is 9.46. The van der Waals surface area contributed by atoms with Gasteiger partial charge in [0.1, 0.15) is 5.75 Å². The van der Waals surface area contributed by atoms with E-state index < -0.39 is 0 Å². The number of thiophene rings is 1. The van der Waals surface area contributed by atoms with Crippen molar-refractivity contribution in [1.29, 1.82) is 0 Å². The lowest BCUT2D eigenvalue weighted by molar-refractivity contribution is -0.118. The zero-order valence-corrected chi connectivity index (χ0v) is 18.9. The second-order valence-electron chi connectivity index (χ2n) is 6.37. The van der Waals surface area contributed by atoms with Crippen molar-refractivity contribution < 1.29 is 14.3 Å². The van der Waals surface area contributed by atoms with E-state index in [9.17, 15) is 9.59 Å². The minimum atomic E-state index is -0.0175. The third-order valence-corrected chi connectivity index (χ3v) is 7.03. The monoisotopic (exact) mass is 446 g/mol. The van der Waals surface area contributed by atoms with Gasteiger partial charge in [0.05, 0.1) is 35.0 Å². The molecule has 5 nitrogen and oxygen atoms in total. The zero-order chi connectivity index (χ0) is 20.8. The van der Waals surface area contributed by atoms with Gasteiger partial charge in [0.25, 0.3) is 0 Å². The lowest BCUT2D eigenvalue weighted by Gasteiger charge is -2.10. The number of thiazole rings is 1. The fraction of sp³-hybridized carbons (Fsp3) is 0.286. The van der Waals surface area contributed by atoms with E-state index in [0.717, 1.165) is 31.8 Å². The highest BCUT2D eigenvalue weighted by Gasteiger charge is 2.10. The van der Waals surface area contributed by atoms with Crippen LogP contribution in [0.15, 0.2) is 35.7 Å². The van der Waals surface area contributed by atoms with Gasteiger partial charge >= 0.3 is 0 Å². The smallest absolute Gasteiger partial charge is 0.230 e. The van der Waals surface area contributed by atoms with Crippen molar-refractivity contribution in [2.75, 3.05) is 12.9 Å². The number of hydrogen-bond acceptors (Lipinski definition) is 7. The number of nitrogens with one attached hydrogen (secondary N) is 1. The third-order valence-electron chi connectivity index (χ3n) is 4.17. The Morgan fingerprint density at radius 3 is 2.76 bits per heavy atom. The molecule has 0 aliphatic rings. The van der Waals surface area contributed by atoms with Crippen molar-refractivity contribution in [2.24, 2.45) is 0 Å². The van der Waals surface area contributed by atoms with Crippen LogP contribution in [0.4, 0.5) is 0 Å². The van der Waals surface area contributed by atoms with Crippen LogP contribution in [-0.4, -0.2) is 29.5 Å². The summed E-state index contributed by atoms with van der Waals surface area (Å²) in [5.41, 5.74) is 2.56. The van der Waals surface area contributed by atoms with Gasteiger partial charge in [0.15, 0.2) is 5.78 Å². The molecule has 29 heavy (non-hydrogen) atoms. The van der Waals surface area contributed by atoms with Gasteiger partial charge < -0.3 is 10.1 Å². The number of carbonyl (C=O) groups excluding carboxylic acids is 2. The molecule has 152 valence electrons. The van der Waals surface area contributed by atoms with Crippen LogP contribution in [0, 0.1) is 6.92 Å². The number of carbonyl (C=O) groups is 2. The first kappa shape index (κ1) is 21.5. The van der Waals surface area contributed by atoms with Crippen LogP contribution in [0.3, 0.4) is 0 Å². The Hall–Kier alpha value is -2.16. The molecule has 0 unspecified atom stereocenters. The van der Waals surface area contributed by atoms with Crippen molar-refractivity contribution in [3.8, 4) is 16.3 Å². The van der Waals surface area contributed by atoms with E-state index in [1.807, 2.05) is 25.1 Å². The number of aryl methyl sites for hydroxylation is 1. The summed E-state index contributed by atoms with van der Waals surface area (Å²) in [6.45, 7) is 4.04. The number of ether oxygens (including phenoxy) is 1. The fourth-order valence-corrected chi connectivity index (χ4v) is 5.12. The number of nitrogens with zero attached hydrogens (tertiary/aromatic N) is 1. The van der Waals surface area contributed by atoms with Crippen LogP contribution < -0.4 is 10.1 Å². The van der Waals surface area contributed by atoms with Crippen molar-refractivity contribution in [3.05, 3.63) is 56.7 Å². The number of ketones is 1. The van der Waals surface area contributed by atoms with Crippen molar-refractivity contribution in [1.82, 2.24) is 10.3 Å². The second-order valence-corrected chi connectivity index (χ2v) is 9.59. The molecule has 0 atom stereocenters. The number of methoxy groups -OCH3 is 1. The second kappa shape index (κ2) is 10.0. The zero-order valence-electron chi connectivity index (χ0n) is 16.5. The fourth-order valence-electron chi connectivity index (χ4n) is 2.69. The lowest BCUT2D eigenvalue weighted by atomic mass is 10.1. The summed E-state index contributed by atoms with van der Waals surface area (Å²) in [7, 11) is 1.60. The van der Waals surface area contributed by atoms with E-state index >= 15 is 0 Å². The van der Waals surface area contributed by atoms with E-state index in [1.165, 1.54) is 18.7 Å². The highest BCUT2D eigenvalue weighted by molar-refractivity contribution is 7.99. The van der Waals surface area contributed by atoms with Crippen LogP contribution in [0.25, 0.3) is 10.6 Å². The molecule has 3 rings (SSSR count). The first-order chi connectivity index (χ1) is 14.0. The molecule has 8 heteroatoms. The molecule has 1 aromatic carbocycles. The summed E-state index contributed by atoms with van der Waals surface area (Å²) in [5.74, 6) is 1.67. The Kier molecular flexibility index (Phi) is 7.46. The quantitative estimate of drug-likeness (QED) is 0.472. The van der Waals surface area contributed by atoms with Crippen LogP contribution >= 0.6 is 34.4 Å². The van der Waals surface area contributed by atoms with E-state index in [4.69, 9.17) is 4.74 Å². The minimum Gasteiger partial charge on any atom is -0.496 e. The van der Waals surface area contributed by atoms with Crippen molar-refractivity contribution in [2.45, 2.75) is 26.1 Å². The normalized spacial score (nSPS) is 10.7. The standard InChI is InChI=1S/C21H22N2O3S3/c1-13(24)15-4-6-19(26-3)16(8-15)10-27-12-21(25)22-9-17-5-7-20(29-17)18-11-28-14(2)23-18/h4-8,11H,9-10,12H2,1-3H3,(H,22,25). The molecule has 0 saturated carbocycles. The number of amides is 1. The number of aromatic nitrogens is 1. The Morgan fingerprint density at radius 1 is 1.24 bits per heavy atom. The summed E-state index contributed by atoms with van der Waals surface area (Å²) < 4.78 is 5.36. The van der Waals surface area contributed by atoms with Gasteiger partial charge in [-0.15, -0.1) is 34.4 Å². The molecule has 1 amide bonds. The number of Topliss-reactive ketones (excluding diaryl/α,β-unsaturated/α-hetero) is 1. The molecule has 0 fully saturated rings. The van der Waals surface area contributed by atoms with Gasteiger partial charge in [-0.05, 0) is 44.2 Å². The molecular formula is C21H22N2O3S3. The topological polar surface area (TPSA) is 68.3 Å². The summed E-state index contributed by atoms with van der Waals surface area (Å²) in [6.07, 6.45) is 0. The SMILES string of the molecule is COc1ccc(C(C)=O)cc1CSCC(=O)NCc1ccc(-c2csc(C)n2)s1. The predicted molar refractivity (Wildman–Crippen MR) is 121 cm³/mol. The summed E-state index contributed by atoms with van der Waals surface area (Å²) in [4.78, 5) is 30.5. The van der Waals surface area contributed by atoms with Gasteiger partial charge in [-0.25, -0.2) is 4.98 Å². The Bertz CT molecular complexity index is 1010. The van der Waals surface area contributed by atoms with Crippen LogP contribution in [-0.2, 0) is 17.1 Å². The Labute approximate surface area is 182 Å². The molecule has 0 radical (unpaired) electrons. The number of thioether (sulfide) groups is 1. The number of rotatable bonds is 9. The largest absolute Gasteiger partial charge is 0.496 e. The van der Waals surface area contributed by atoms with Gasteiger partial charge in [0.2, 0.25) is 5.91 Å². The highest BCUT2D eigenvalue weighted by Crippen LogP contribution is 2.29. The van der Waals surface area contributed by atoms with Crippen molar-refractivity contribution >= 4 is 46.1 Å². The minimum absolute atomic E-state index is 0.0137. The molecule has 2 heterocycles. The third kappa shape index (κ3) is 5.91. The van der Waals surface area contributed by atoms with Crippen LogP contribution in [0.5, 0.6) is 5.75 Å². The average Bonchev–Trinajstić information content (AvgIpc) is 3.35. The Balaban J connectivity index is 1.48. The summed E-state index contributed by atoms with van der Waals surface area (Å²) in [5, 5.41) is 6.06. The molecule has 0 spiro atoms. The molecule has 0 aliphatic heterocycles.